The largest absolute Gasteiger partial charge is 0.492 e. The highest BCUT2D eigenvalue weighted by Gasteiger charge is 2.40. The van der Waals surface area contributed by atoms with E-state index >= 15 is 0 Å². The number of amides is 1. The number of alkyl carbamates (subject to hydrolysis) is 1. The summed E-state index contributed by atoms with van der Waals surface area (Å²) in [5, 5.41) is 12.6. The van der Waals surface area contributed by atoms with Crippen molar-refractivity contribution < 1.29 is 24.2 Å². The molecule has 0 spiro atoms. The average molecular weight is 688 g/mol. The maximum absolute atomic E-state index is 12.9. The summed E-state index contributed by atoms with van der Waals surface area (Å²) in [7, 11) is -1.48. The van der Waals surface area contributed by atoms with Gasteiger partial charge in [0, 0.05) is 18.1 Å². The Morgan fingerprint density at radius 3 is 1.84 bits per heavy atom. The van der Waals surface area contributed by atoms with Gasteiger partial charge in [0.2, 0.25) is 0 Å². The fraction of sp³-hybridized carbons (Fsp3) is 0.256. The van der Waals surface area contributed by atoms with Crippen LogP contribution >= 0.6 is 10.0 Å². The number of carboxylic acids is 1. The van der Waals surface area contributed by atoms with Crippen molar-refractivity contribution in [1.82, 2.24) is 5.32 Å². The molecule has 0 fully saturated rings. The monoisotopic (exact) mass is 687 g/mol. The van der Waals surface area contributed by atoms with Crippen LogP contribution in [0.3, 0.4) is 0 Å². The van der Waals surface area contributed by atoms with Gasteiger partial charge in [-0.25, -0.2) is 9.59 Å². The van der Waals surface area contributed by atoms with Crippen molar-refractivity contribution in [1.29, 1.82) is 0 Å². The van der Waals surface area contributed by atoms with E-state index in [9.17, 15) is 14.7 Å². The molecule has 0 heterocycles. The Hall–Kier alpha value is -5.01. The molecule has 5 aromatic rings. The summed E-state index contributed by atoms with van der Waals surface area (Å²) < 4.78 is 12.1. The van der Waals surface area contributed by atoms with E-state index in [-0.39, 0.29) is 23.7 Å². The van der Waals surface area contributed by atoms with Crippen molar-refractivity contribution in [2.45, 2.75) is 60.6 Å². The molecule has 258 valence electrons. The Bertz CT molecular complexity index is 1870. The second-order valence-corrected chi connectivity index (χ2v) is 17.7. The highest BCUT2D eigenvalue weighted by atomic mass is 32.3. The van der Waals surface area contributed by atoms with Gasteiger partial charge in [0.1, 0.15) is 18.4 Å². The lowest BCUT2D eigenvalue weighted by atomic mass is 9.98. The molecule has 5 aromatic carbocycles. The van der Waals surface area contributed by atoms with Gasteiger partial charge in [0.05, 0.1) is 6.61 Å². The molecule has 6 nitrogen and oxygen atoms in total. The lowest BCUT2D eigenvalue weighted by Crippen LogP contribution is -2.42. The van der Waals surface area contributed by atoms with Crippen molar-refractivity contribution in [2.75, 3.05) is 19.0 Å². The molecule has 0 radical (unpaired) electrons. The summed E-state index contributed by atoms with van der Waals surface area (Å²) in [4.78, 5) is 27.8. The van der Waals surface area contributed by atoms with Crippen LogP contribution < -0.4 is 10.1 Å². The quantitative estimate of drug-likeness (QED) is 0.136. The first-order valence-corrected chi connectivity index (χ1v) is 18.9. The zero-order valence-corrected chi connectivity index (χ0v) is 29.9. The van der Waals surface area contributed by atoms with Crippen LogP contribution in [0.25, 0.3) is 11.1 Å². The smallest absolute Gasteiger partial charge is 0.407 e. The normalized spacial score (nSPS) is 13.5. The maximum Gasteiger partial charge on any atom is 0.407 e. The van der Waals surface area contributed by atoms with Gasteiger partial charge in [-0.2, -0.15) is 10.0 Å². The first-order chi connectivity index (χ1) is 24.1. The molecule has 6 rings (SSSR count). The fourth-order valence-electron chi connectivity index (χ4n) is 7.19. The molecule has 0 saturated heterocycles. The van der Waals surface area contributed by atoms with Crippen LogP contribution in [-0.4, -0.2) is 46.9 Å². The van der Waals surface area contributed by atoms with Crippen LogP contribution in [0.2, 0.25) is 0 Å². The van der Waals surface area contributed by atoms with E-state index < -0.39 is 28.1 Å². The van der Waals surface area contributed by atoms with Crippen LogP contribution in [0, 0.1) is 6.92 Å². The molecule has 1 atom stereocenters. The van der Waals surface area contributed by atoms with E-state index in [1.807, 2.05) is 61.5 Å². The fourth-order valence-corrected chi connectivity index (χ4v) is 11.5. The zero-order valence-electron chi connectivity index (χ0n) is 29.1. The van der Waals surface area contributed by atoms with Crippen molar-refractivity contribution in [3.63, 3.8) is 0 Å². The van der Waals surface area contributed by atoms with Crippen LogP contribution in [0.15, 0.2) is 137 Å². The Kier molecular flexibility index (Phi) is 10.3. The molecular weight excluding hydrogens is 643 g/mol. The average Bonchev–Trinajstić information content (AvgIpc) is 3.43. The number of hydrogen-bond donors (Lipinski definition) is 2. The van der Waals surface area contributed by atoms with Crippen molar-refractivity contribution in [3.05, 3.63) is 150 Å². The third kappa shape index (κ3) is 7.15. The number of rotatable bonds is 12. The molecule has 0 saturated carbocycles. The van der Waals surface area contributed by atoms with Gasteiger partial charge < -0.3 is 19.9 Å². The standard InChI is InChI=1S/C43H45NO5S/c1-30-27-31(23-24-40(30)48-25-26-50(43(2,3)4,32-15-7-5-8-16-32)33-17-9-6-10-18-33)28-39(41(45)46)44-42(47)49-29-38-36-21-13-11-19-34(36)35-20-12-14-22-37(35)38/h5-24,27,38-39H,25-26,28-29H2,1-4H3,(H,44,47)(H,45,46). The molecule has 2 N–H and O–H groups in total. The van der Waals surface area contributed by atoms with Crippen LogP contribution in [0.4, 0.5) is 4.79 Å². The molecule has 0 bridgehead atoms. The van der Waals surface area contributed by atoms with Gasteiger partial charge in [0.15, 0.2) is 0 Å². The van der Waals surface area contributed by atoms with Gasteiger partial charge in [0.25, 0.3) is 0 Å². The SMILES string of the molecule is Cc1cc(CC(NC(=O)OCC2c3ccccc3-c3ccccc32)C(=O)O)ccc1OCCS(c1ccccc1)(c1ccccc1)C(C)(C)C. The Morgan fingerprint density at radius 2 is 1.32 bits per heavy atom. The molecule has 1 amide bonds. The number of nitrogens with one attached hydrogen (secondary N) is 1. The minimum absolute atomic E-state index is 0.0238. The first-order valence-electron chi connectivity index (χ1n) is 17.1. The van der Waals surface area contributed by atoms with Gasteiger partial charge in [-0.3, -0.25) is 0 Å². The molecule has 1 unspecified atom stereocenters. The summed E-state index contributed by atoms with van der Waals surface area (Å²) in [6.07, 6.45) is -0.641. The summed E-state index contributed by atoms with van der Waals surface area (Å²) >= 11 is 0. The summed E-state index contributed by atoms with van der Waals surface area (Å²) in [5.41, 5.74) is 6.14. The number of benzene rings is 5. The molecule has 0 aliphatic heterocycles. The Balaban J connectivity index is 1.10. The molecule has 0 aromatic heterocycles. The van der Waals surface area contributed by atoms with E-state index in [0.717, 1.165) is 44.9 Å². The predicted molar refractivity (Wildman–Crippen MR) is 202 cm³/mol. The van der Waals surface area contributed by atoms with E-state index in [4.69, 9.17) is 9.47 Å². The van der Waals surface area contributed by atoms with Gasteiger partial charge >= 0.3 is 12.1 Å². The third-order valence-electron chi connectivity index (χ3n) is 9.60. The Labute approximate surface area is 296 Å². The Morgan fingerprint density at radius 1 is 0.780 bits per heavy atom. The summed E-state index contributed by atoms with van der Waals surface area (Å²) in [6, 6.07) is 42.3. The number of hydrogen-bond acceptors (Lipinski definition) is 4. The number of aryl methyl sites for hydroxylation is 1. The maximum atomic E-state index is 12.9. The molecule has 7 heteroatoms. The number of fused-ring (bicyclic) bond motifs is 3. The highest BCUT2D eigenvalue weighted by molar-refractivity contribution is 8.34. The van der Waals surface area contributed by atoms with Gasteiger partial charge in [-0.15, -0.1) is 0 Å². The third-order valence-corrected chi connectivity index (χ3v) is 14.6. The lowest BCUT2D eigenvalue weighted by Gasteiger charge is -2.51. The van der Waals surface area contributed by atoms with E-state index in [1.54, 1.807) is 0 Å². The molecular formula is C43H45NO5S. The van der Waals surface area contributed by atoms with Crippen molar-refractivity contribution in [3.8, 4) is 16.9 Å². The van der Waals surface area contributed by atoms with Crippen LogP contribution in [0.1, 0.15) is 48.9 Å². The topological polar surface area (TPSA) is 84.9 Å². The number of carbonyl (C=O) groups excluding carboxylic acids is 1. The van der Waals surface area contributed by atoms with Gasteiger partial charge in [-0.05, 0) is 85.2 Å². The van der Waals surface area contributed by atoms with Crippen LogP contribution in [0.5, 0.6) is 5.75 Å². The second-order valence-electron chi connectivity index (χ2n) is 13.7. The summed E-state index contributed by atoms with van der Waals surface area (Å²) in [6.45, 7) is 9.56. The van der Waals surface area contributed by atoms with Crippen molar-refractivity contribution in [2.24, 2.45) is 0 Å². The first kappa shape index (κ1) is 34.8. The minimum Gasteiger partial charge on any atom is -0.492 e. The number of aliphatic carboxylic acids is 1. The van der Waals surface area contributed by atoms with Crippen LogP contribution in [-0.2, 0) is 16.0 Å². The molecule has 1 aliphatic rings. The second kappa shape index (κ2) is 14.9. The van der Waals surface area contributed by atoms with E-state index in [2.05, 4.69) is 98.9 Å². The van der Waals surface area contributed by atoms with E-state index in [1.165, 1.54) is 9.79 Å². The van der Waals surface area contributed by atoms with Gasteiger partial charge in [-0.1, -0.05) is 118 Å². The lowest BCUT2D eigenvalue weighted by molar-refractivity contribution is -0.139. The predicted octanol–water partition coefficient (Wildman–Crippen LogP) is 9.63. The molecule has 50 heavy (non-hydrogen) atoms. The summed E-state index contributed by atoms with van der Waals surface area (Å²) in [5.74, 6) is 0.368. The van der Waals surface area contributed by atoms with Crippen molar-refractivity contribution >= 4 is 22.1 Å². The highest BCUT2D eigenvalue weighted by Crippen LogP contribution is 2.70. The zero-order chi connectivity index (χ0) is 35.3. The number of carboxylic acid groups (broad SMARTS) is 1. The number of carbonyl (C=O) groups is 2. The molecule has 1 aliphatic carbocycles. The van der Waals surface area contributed by atoms with E-state index in [0.29, 0.717) is 6.61 Å². The number of ether oxygens (including phenoxy) is 2. The minimum atomic E-state index is -1.48.